The van der Waals surface area contributed by atoms with E-state index in [0.29, 0.717) is 24.3 Å². The van der Waals surface area contributed by atoms with Gasteiger partial charge in [-0.2, -0.15) is 0 Å². The van der Waals surface area contributed by atoms with E-state index in [4.69, 9.17) is 4.74 Å². The van der Waals surface area contributed by atoms with Gasteiger partial charge in [0.2, 0.25) is 0 Å². The van der Waals surface area contributed by atoms with Gasteiger partial charge in [-0.3, -0.25) is 9.88 Å². The number of hydrogen-bond donors (Lipinski definition) is 3. The maximum atomic E-state index is 13.1. The van der Waals surface area contributed by atoms with Gasteiger partial charge in [-0.05, 0) is 41.8 Å². The molecule has 0 heterocycles. The van der Waals surface area contributed by atoms with E-state index >= 15 is 0 Å². The SMILES string of the molecule is COc1cccc(C(NCCc2cccc(F)c2)P(=O)(O)O)c1. The Kier molecular flexibility index (Phi) is 5.91. The quantitative estimate of drug-likeness (QED) is 0.676. The maximum absolute atomic E-state index is 13.1. The smallest absolute Gasteiger partial charge is 0.346 e. The van der Waals surface area contributed by atoms with E-state index in [9.17, 15) is 18.7 Å². The summed E-state index contributed by atoms with van der Waals surface area (Å²) in [4.78, 5) is 19.2. The topological polar surface area (TPSA) is 78.8 Å². The van der Waals surface area contributed by atoms with Crippen LogP contribution in [0.2, 0.25) is 0 Å². The summed E-state index contributed by atoms with van der Waals surface area (Å²) in [6.07, 6.45) is 0.457. The lowest BCUT2D eigenvalue weighted by Crippen LogP contribution is -2.24. The van der Waals surface area contributed by atoms with E-state index in [1.807, 2.05) is 0 Å². The van der Waals surface area contributed by atoms with Crippen molar-refractivity contribution in [3.63, 3.8) is 0 Å². The van der Waals surface area contributed by atoms with E-state index in [0.717, 1.165) is 5.56 Å². The molecular weight excluding hydrogens is 320 g/mol. The molecule has 1 atom stereocenters. The molecule has 0 amide bonds. The molecule has 5 nitrogen and oxygen atoms in total. The summed E-state index contributed by atoms with van der Waals surface area (Å²) >= 11 is 0. The van der Waals surface area contributed by atoms with Crippen molar-refractivity contribution < 1.29 is 23.5 Å². The first-order chi connectivity index (χ1) is 10.9. The summed E-state index contributed by atoms with van der Waals surface area (Å²) in [6, 6.07) is 12.7. The van der Waals surface area contributed by atoms with Gasteiger partial charge in [0, 0.05) is 6.54 Å². The second-order valence-electron chi connectivity index (χ2n) is 5.10. The number of rotatable bonds is 7. The van der Waals surface area contributed by atoms with Gasteiger partial charge < -0.3 is 14.5 Å². The van der Waals surface area contributed by atoms with Gasteiger partial charge in [0.25, 0.3) is 0 Å². The van der Waals surface area contributed by atoms with Crippen molar-refractivity contribution in [2.45, 2.75) is 12.2 Å². The minimum atomic E-state index is -4.40. The Labute approximate surface area is 134 Å². The first-order valence-corrected chi connectivity index (χ1v) is 8.75. The number of nitrogens with one attached hydrogen (secondary N) is 1. The molecule has 1 unspecified atom stereocenters. The highest BCUT2D eigenvalue weighted by atomic mass is 31.2. The minimum absolute atomic E-state index is 0.302. The molecular formula is C16H19FNO4P. The second kappa shape index (κ2) is 7.70. The fourth-order valence-corrected chi connectivity index (χ4v) is 3.20. The largest absolute Gasteiger partial charge is 0.497 e. The van der Waals surface area contributed by atoms with Crippen LogP contribution in [0.1, 0.15) is 16.9 Å². The van der Waals surface area contributed by atoms with E-state index in [1.165, 1.54) is 19.2 Å². The summed E-state index contributed by atoms with van der Waals surface area (Å²) in [5.41, 5.74) is 1.20. The van der Waals surface area contributed by atoms with E-state index < -0.39 is 13.4 Å². The monoisotopic (exact) mass is 339 g/mol. The number of ether oxygens (including phenoxy) is 1. The van der Waals surface area contributed by atoms with E-state index in [1.54, 1.807) is 36.4 Å². The van der Waals surface area contributed by atoms with Crippen molar-refractivity contribution >= 4 is 7.60 Å². The van der Waals surface area contributed by atoms with Gasteiger partial charge in [-0.15, -0.1) is 0 Å². The standard InChI is InChI=1S/C16H19FNO4P/c1-22-15-7-3-5-13(11-15)16(23(19,20)21)18-9-8-12-4-2-6-14(17)10-12/h2-7,10-11,16,18H,8-9H2,1H3,(H2,19,20,21). The van der Waals surface area contributed by atoms with Gasteiger partial charge in [0.15, 0.2) is 0 Å². The summed E-state index contributed by atoms with van der Waals surface area (Å²) in [5.74, 6) is -0.944. The molecule has 0 bridgehead atoms. The van der Waals surface area contributed by atoms with Crippen LogP contribution in [-0.2, 0) is 11.0 Å². The Morgan fingerprint density at radius 2 is 1.96 bits per heavy atom. The molecule has 2 aromatic carbocycles. The average molecular weight is 339 g/mol. The van der Waals surface area contributed by atoms with Gasteiger partial charge >= 0.3 is 7.60 Å². The number of methoxy groups -OCH3 is 1. The Hall–Kier alpha value is -1.72. The van der Waals surface area contributed by atoms with Crippen molar-refractivity contribution in [3.8, 4) is 5.75 Å². The zero-order valence-electron chi connectivity index (χ0n) is 12.6. The highest BCUT2D eigenvalue weighted by Gasteiger charge is 2.30. The molecule has 2 aromatic rings. The van der Waals surface area contributed by atoms with Crippen molar-refractivity contribution in [1.82, 2.24) is 5.32 Å². The highest BCUT2D eigenvalue weighted by molar-refractivity contribution is 7.52. The summed E-state index contributed by atoms with van der Waals surface area (Å²) in [5, 5.41) is 2.85. The lowest BCUT2D eigenvalue weighted by Gasteiger charge is -2.21. The fourth-order valence-electron chi connectivity index (χ4n) is 2.29. The van der Waals surface area contributed by atoms with Crippen molar-refractivity contribution in [2.75, 3.05) is 13.7 Å². The van der Waals surface area contributed by atoms with Crippen molar-refractivity contribution in [1.29, 1.82) is 0 Å². The predicted molar refractivity (Wildman–Crippen MR) is 85.9 cm³/mol. The zero-order valence-corrected chi connectivity index (χ0v) is 13.5. The number of benzene rings is 2. The van der Waals surface area contributed by atoms with Gasteiger partial charge in [0.1, 0.15) is 17.3 Å². The highest BCUT2D eigenvalue weighted by Crippen LogP contribution is 2.50. The molecule has 0 aliphatic rings. The van der Waals surface area contributed by atoms with Crippen LogP contribution in [0.5, 0.6) is 5.75 Å². The van der Waals surface area contributed by atoms with Gasteiger partial charge in [0.05, 0.1) is 7.11 Å². The zero-order chi connectivity index (χ0) is 16.9. The molecule has 0 saturated carbocycles. The summed E-state index contributed by atoms with van der Waals surface area (Å²) in [6.45, 7) is 0.302. The Balaban J connectivity index is 2.09. The average Bonchev–Trinajstić information content (AvgIpc) is 2.50. The maximum Gasteiger partial charge on any atom is 0.346 e. The Morgan fingerprint density at radius 1 is 1.22 bits per heavy atom. The molecule has 124 valence electrons. The van der Waals surface area contributed by atoms with Gasteiger partial charge in [-0.25, -0.2) is 4.39 Å². The molecule has 7 heteroatoms. The minimum Gasteiger partial charge on any atom is -0.497 e. The van der Waals surface area contributed by atoms with Crippen LogP contribution in [0.25, 0.3) is 0 Å². The number of hydrogen-bond acceptors (Lipinski definition) is 3. The second-order valence-corrected chi connectivity index (χ2v) is 6.80. The summed E-state index contributed by atoms with van der Waals surface area (Å²) in [7, 11) is -2.91. The first kappa shape index (κ1) is 17.6. The molecule has 0 aliphatic carbocycles. The van der Waals surface area contributed by atoms with Crippen molar-refractivity contribution in [2.24, 2.45) is 0 Å². The molecule has 0 saturated heterocycles. The normalized spacial score (nSPS) is 12.9. The van der Waals surface area contributed by atoms with Crippen LogP contribution in [0.3, 0.4) is 0 Å². The third-order valence-electron chi connectivity index (χ3n) is 3.39. The van der Waals surface area contributed by atoms with Crippen LogP contribution in [0, 0.1) is 5.82 Å². The van der Waals surface area contributed by atoms with E-state index in [2.05, 4.69) is 5.32 Å². The molecule has 0 spiro atoms. The number of halogens is 1. The molecule has 0 radical (unpaired) electrons. The summed E-state index contributed by atoms with van der Waals surface area (Å²) < 4.78 is 30.0. The predicted octanol–water partition coefficient (Wildman–Crippen LogP) is 2.84. The first-order valence-electron chi connectivity index (χ1n) is 7.07. The van der Waals surface area contributed by atoms with Crippen LogP contribution in [0.4, 0.5) is 4.39 Å². The van der Waals surface area contributed by atoms with Crippen molar-refractivity contribution in [3.05, 3.63) is 65.5 Å². The lowest BCUT2D eigenvalue weighted by molar-refractivity contribution is 0.347. The third-order valence-corrected chi connectivity index (χ3v) is 4.54. The molecule has 0 aliphatic heterocycles. The molecule has 3 N–H and O–H groups in total. The third kappa shape index (κ3) is 5.15. The molecule has 0 aromatic heterocycles. The van der Waals surface area contributed by atoms with Gasteiger partial charge in [-0.1, -0.05) is 24.3 Å². The molecule has 23 heavy (non-hydrogen) atoms. The van der Waals surface area contributed by atoms with Crippen LogP contribution in [-0.4, -0.2) is 23.4 Å². The van der Waals surface area contributed by atoms with Crippen LogP contribution >= 0.6 is 7.60 Å². The Morgan fingerprint density at radius 3 is 2.61 bits per heavy atom. The Bertz CT molecular complexity index is 704. The van der Waals surface area contributed by atoms with Crippen LogP contribution < -0.4 is 10.1 Å². The van der Waals surface area contributed by atoms with Crippen LogP contribution in [0.15, 0.2) is 48.5 Å². The fraction of sp³-hybridized carbons (Fsp3) is 0.250. The van der Waals surface area contributed by atoms with E-state index in [-0.39, 0.29) is 5.82 Å². The molecule has 2 rings (SSSR count). The molecule has 0 fully saturated rings. The lowest BCUT2D eigenvalue weighted by atomic mass is 10.1.